The second-order valence-electron chi connectivity index (χ2n) is 9.24. The number of fused-ring (bicyclic) bond motifs is 3. The third-order valence-corrected chi connectivity index (χ3v) is 9.04. The molecule has 6 rings (SSSR count). The quantitative estimate of drug-likeness (QED) is 0.468. The second-order valence-corrected chi connectivity index (χ2v) is 11.9. The topological polar surface area (TPSA) is 115 Å². The van der Waals surface area contributed by atoms with Crippen LogP contribution in [0.5, 0.6) is 0 Å². The van der Waals surface area contributed by atoms with Gasteiger partial charge in [-0.05, 0) is 24.1 Å². The highest BCUT2D eigenvalue weighted by Crippen LogP contribution is 2.41. The summed E-state index contributed by atoms with van der Waals surface area (Å²) in [6.07, 6.45) is 0.771. The van der Waals surface area contributed by atoms with E-state index in [1.54, 1.807) is 17.8 Å². The SMILES string of the molecule is [C-]#[N+]C1(NS(=O)(=O)c2cc(C3=CC4COCC(C3)N4)c3c(c2)c(-c2nnc(C(F)F)s2)nn3C)CC1. The zero-order valence-electron chi connectivity index (χ0n) is 19.0. The summed E-state index contributed by atoms with van der Waals surface area (Å²) in [5.41, 5.74) is 1.45. The summed E-state index contributed by atoms with van der Waals surface area (Å²) in [6, 6.07) is 3.15. The highest BCUT2D eigenvalue weighted by Gasteiger charge is 2.54. The summed E-state index contributed by atoms with van der Waals surface area (Å²) in [6.45, 7) is 8.44. The Hall–Kier alpha value is -2.83. The van der Waals surface area contributed by atoms with Gasteiger partial charge in [-0.2, -0.15) is 5.10 Å². The lowest BCUT2D eigenvalue weighted by molar-refractivity contribution is 0.0561. The van der Waals surface area contributed by atoms with Crippen LogP contribution in [0.15, 0.2) is 23.1 Å². The molecule has 2 N–H and O–H groups in total. The Morgan fingerprint density at radius 3 is 2.81 bits per heavy atom. The van der Waals surface area contributed by atoms with E-state index in [9.17, 15) is 17.2 Å². The Balaban J connectivity index is 1.56. The van der Waals surface area contributed by atoms with Gasteiger partial charge in [0.1, 0.15) is 5.69 Å². The number of hydrogen-bond acceptors (Lipinski definition) is 8. The van der Waals surface area contributed by atoms with Crippen LogP contribution >= 0.6 is 11.3 Å². The van der Waals surface area contributed by atoms with E-state index < -0.39 is 27.1 Å². The molecule has 2 unspecified atom stereocenters. The minimum absolute atomic E-state index is 0.0118. The largest absolute Gasteiger partial charge is 0.378 e. The molecule has 1 aliphatic carbocycles. The number of benzene rings is 1. The van der Waals surface area contributed by atoms with Crippen molar-refractivity contribution >= 4 is 37.8 Å². The number of sulfonamides is 1. The first kappa shape index (κ1) is 23.6. The predicted octanol–water partition coefficient (Wildman–Crippen LogP) is 2.86. The van der Waals surface area contributed by atoms with Crippen LogP contribution < -0.4 is 10.0 Å². The van der Waals surface area contributed by atoms with Crippen molar-refractivity contribution in [2.24, 2.45) is 7.05 Å². The van der Waals surface area contributed by atoms with Crippen molar-refractivity contribution in [3.63, 3.8) is 0 Å². The van der Waals surface area contributed by atoms with Crippen LogP contribution in [0, 0.1) is 6.57 Å². The molecule has 0 spiro atoms. The minimum atomic E-state index is -4.06. The normalized spacial score (nSPS) is 23.0. The number of morpholine rings is 1. The number of aromatic nitrogens is 4. The summed E-state index contributed by atoms with van der Waals surface area (Å²) < 4.78 is 63.0. The van der Waals surface area contributed by atoms with Crippen molar-refractivity contribution in [2.75, 3.05) is 13.2 Å². The van der Waals surface area contributed by atoms with Gasteiger partial charge in [0.15, 0.2) is 10.0 Å². The van der Waals surface area contributed by atoms with Crippen molar-refractivity contribution in [2.45, 2.75) is 48.3 Å². The maximum absolute atomic E-state index is 13.4. The van der Waals surface area contributed by atoms with E-state index in [0.29, 0.717) is 48.9 Å². The van der Waals surface area contributed by atoms with Crippen molar-refractivity contribution in [1.29, 1.82) is 0 Å². The molecule has 3 aromatic rings. The Kier molecular flexibility index (Phi) is 5.47. The van der Waals surface area contributed by atoms with Gasteiger partial charge in [-0.1, -0.05) is 17.4 Å². The summed E-state index contributed by atoms with van der Waals surface area (Å²) in [5, 5.41) is 15.7. The molecule has 2 aliphatic heterocycles. The van der Waals surface area contributed by atoms with Gasteiger partial charge in [0, 0.05) is 30.1 Å². The fourth-order valence-corrected chi connectivity index (χ4v) is 6.87. The molecule has 36 heavy (non-hydrogen) atoms. The summed E-state index contributed by atoms with van der Waals surface area (Å²) in [7, 11) is -2.33. The molecule has 0 radical (unpaired) electrons. The maximum Gasteiger partial charge on any atom is 0.299 e. The van der Waals surface area contributed by atoms with Gasteiger partial charge in [0.2, 0.25) is 10.0 Å². The third-order valence-electron chi connectivity index (χ3n) is 6.60. The van der Waals surface area contributed by atoms with E-state index >= 15 is 0 Å². The molecule has 188 valence electrons. The minimum Gasteiger partial charge on any atom is -0.378 e. The van der Waals surface area contributed by atoms with Crippen molar-refractivity contribution in [3.8, 4) is 10.7 Å². The third kappa shape index (κ3) is 4.00. The number of aryl methyl sites for hydroxylation is 1. The molecule has 1 saturated heterocycles. The van der Waals surface area contributed by atoms with Crippen LogP contribution in [-0.4, -0.2) is 59.4 Å². The van der Waals surface area contributed by atoms with Crippen LogP contribution in [0.25, 0.3) is 32.0 Å². The zero-order valence-corrected chi connectivity index (χ0v) is 20.7. The molecule has 1 aromatic carbocycles. The zero-order chi connectivity index (χ0) is 25.2. The molecular weight excluding hydrogens is 512 g/mol. The molecule has 1 saturated carbocycles. The van der Waals surface area contributed by atoms with Gasteiger partial charge >= 0.3 is 0 Å². The smallest absolute Gasteiger partial charge is 0.299 e. The fraction of sp³-hybridized carbons (Fsp3) is 0.455. The number of nitrogens with one attached hydrogen (secondary N) is 2. The van der Waals surface area contributed by atoms with Gasteiger partial charge in [-0.3, -0.25) is 9.53 Å². The Morgan fingerprint density at radius 2 is 2.14 bits per heavy atom. The van der Waals surface area contributed by atoms with E-state index in [0.717, 1.165) is 16.9 Å². The Morgan fingerprint density at radius 1 is 1.33 bits per heavy atom. The number of ether oxygens (including phenoxy) is 1. The molecule has 2 atom stereocenters. The maximum atomic E-state index is 13.4. The number of nitrogens with zero attached hydrogens (tertiary/aromatic N) is 5. The van der Waals surface area contributed by atoms with Crippen molar-refractivity contribution in [3.05, 3.63) is 40.2 Å². The molecule has 2 bridgehead atoms. The van der Waals surface area contributed by atoms with Gasteiger partial charge in [0.05, 0.1) is 36.5 Å². The first-order chi connectivity index (χ1) is 17.2. The second kappa shape index (κ2) is 8.35. The van der Waals surface area contributed by atoms with E-state index in [2.05, 4.69) is 30.2 Å². The average molecular weight is 534 g/mol. The van der Waals surface area contributed by atoms with Gasteiger partial charge < -0.3 is 10.1 Å². The molecule has 10 nitrogen and oxygen atoms in total. The Labute approximate surface area is 209 Å². The first-order valence-electron chi connectivity index (χ1n) is 11.3. The van der Waals surface area contributed by atoms with Gasteiger partial charge in [-0.15, -0.1) is 14.9 Å². The predicted molar refractivity (Wildman–Crippen MR) is 128 cm³/mol. The van der Waals surface area contributed by atoms with Crippen LogP contribution in [0.2, 0.25) is 0 Å². The number of alkyl halides is 2. The lowest BCUT2D eigenvalue weighted by Crippen LogP contribution is -2.50. The molecule has 2 aromatic heterocycles. The highest BCUT2D eigenvalue weighted by molar-refractivity contribution is 7.89. The summed E-state index contributed by atoms with van der Waals surface area (Å²) in [5.74, 6) is 0. The number of rotatable bonds is 6. The summed E-state index contributed by atoms with van der Waals surface area (Å²) >= 11 is 0.720. The van der Waals surface area contributed by atoms with Gasteiger partial charge in [-0.25, -0.2) is 23.8 Å². The van der Waals surface area contributed by atoms with Crippen molar-refractivity contribution in [1.82, 2.24) is 30.0 Å². The molecule has 4 heterocycles. The van der Waals surface area contributed by atoms with Crippen LogP contribution in [0.3, 0.4) is 0 Å². The highest BCUT2D eigenvalue weighted by atomic mass is 32.2. The van der Waals surface area contributed by atoms with E-state index in [1.165, 1.54) is 6.07 Å². The molecular formula is C22H21F2N7O3S2. The fourth-order valence-electron chi connectivity index (χ4n) is 4.76. The monoisotopic (exact) mass is 533 g/mol. The molecule has 0 amide bonds. The van der Waals surface area contributed by atoms with Gasteiger partial charge in [0.25, 0.3) is 12.1 Å². The lowest BCUT2D eigenvalue weighted by Gasteiger charge is -2.35. The van der Waals surface area contributed by atoms with E-state index in [4.69, 9.17) is 11.3 Å². The van der Waals surface area contributed by atoms with Crippen LogP contribution in [-0.2, 0) is 21.8 Å². The van der Waals surface area contributed by atoms with Crippen LogP contribution in [0.1, 0.15) is 36.3 Å². The Bertz CT molecular complexity index is 1550. The lowest BCUT2D eigenvalue weighted by atomic mass is 9.90. The summed E-state index contributed by atoms with van der Waals surface area (Å²) in [4.78, 5) is 3.45. The standard InChI is InChI=1S/C22H21F2N7O3S2/c1-25-22(3-4-22)30-36(32,33)14-7-15(11-5-12-9-34-10-13(6-11)26-12)18-16(8-14)17(29-31(18)2)20-27-28-21(35-20)19(23)24/h5,7-8,12-13,19,26,30H,3-4,6,9-10H2,2H3. The average Bonchev–Trinajstić information content (AvgIpc) is 3.27. The van der Waals surface area contributed by atoms with Crippen LogP contribution in [0.4, 0.5) is 8.78 Å². The molecule has 2 fully saturated rings. The van der Waals surface area contributed by atoms with E-state index in [1.807, 2.05) is 6.08 Å². The first-order valence-corrected chi connectivity index (χ1v) is 13.6. The molecule has 14 heteroatoms. The van der Waals surface area contributed by atoms with Crippen molar-refractivity contribution < 1.29 is 21.9 Å². The number of hydrogen-bond donors (Lipinski definition) is 2. The number of halogens is 2. The van der Waals surface area contributed by atoms with E-state index in [-0.39, 0.29) is 27.7 Å². The molecule has 3 aliphatic rings.